The van der Waals surface area contributed by atoms with Crippen LogP contribution in [0.25, 0.3) is 0 Å². The Morgan fingerprint density at radius 2 is 2.11 bits per heavy atom. The van der Waals surface area contributed by atoms with Gasteiger partial charge in [0.1, 0.15) is 0 Å². The number of hydrogen-bond acceptors (Lipinski definition) is 4. The normalized spacial score (nSPS) is 16.5. The molecule has 1 aromatic carbocycles. The second kappa shape index (κ2) is 7.94. The molecule has 0 aliphatic carbocycles. The van der Waals surface area contributed by atoms with Crippen LogP contribution in [0.3, 0.4) is 0 Å². The Hall–Kier alpha value is -0.360. The maximum atomic E-state index is 9.92. The fourth-order valence-electron chi connectivity index (χ4n) is 1.64. The lowest BCUT2D eigenvalue weighted by molar-refractivity contribution is 0.168. The predicted molar refractivity (Wildman–Crippen MR) is 82.2 cm³/mol. The number of hydrogen-bond donors (Lipinski definition) is 2. The van der Waals surface area contributed by atoms with Crippen LogP contribution in [0.1, 0.15) is 0 Å². The van der Waals surface area contributed by atoms with Gasteiger partial charge in [0.15, 0.2) is 5.17 Å². The maximum absolute atomic E-state index is 9.92. The van der Waals surface area contributed by atoms with E-state index in [1.54, 1.807) is 23.5 Å². The van der Waals surface area contributed by atoms with Gasteiger partial charge >= 0.3 is 0 Å². The van der Waals surface area contributed by atoms with E-state index in [0.29, 0.717) is 17.5 Å². The molecule has 1 atom stereocenters. The molecule has 0 amide bonds. The van der Waals surface area contributed by atoms with Crippen LogP contribution in [0, 0.1) is 5.41 Å². The minimum atomic E-state index is -0.376. The average Bonchev–Trinajstić information content (AvgIpc) is 2.74. The molecular formula is C12H17ClN2OS2. The fourth-order valence-corrected chi connectivity index (χ4v) is 3.33. The van der Waals surface area contributed by atoms with Gasteiger partial charge < -0.3 is 10.0 Å². The lowest BCUT2D eigenvalue weighted by Gasteiger charge is -2.20. The van der Waals surface area contributed by atoms with Crippen LogP contribution in [0.5, 0.6) is 0 Å². The van der Waals surface area contributed by atoms with E-state index in [9.17, 15) is 5.11 Å². The summed E-state index contributed by atoms with van der Waals surface area (Å²) in [5.41, 5.74) is 0. The van der Waals surface area contributed by atoms with Crippen molar-refractivity contribution in [3.05, 3.63) is 30.3 Å². The van der Waals surface area contributed by atoms with Gasteiger partial charge in [-0.05, 0) is 12.1 Å². The summed E-state index contributed by atoms with van der Waals surface area (Å²) in [7, 11) is 0. The van der Waals surface area contributed by atoms with Gasteiger partial charge in [-0.3, -0.25) is 5.41 Å². The van der Waals surface area contributed by atoms with Crippen LogP contribution in [-0.4, -0.2) is 45.9 Å². The highest BCUT2D eigenvalue weighted by atomic mass is 35.5. The van der Waals surface area contributed by atoms with E-state index in [0.717, 1.165) is 12.3 Å². The van der Waals surface area contributed by atoms with Gasteiger partial charge in [0.25, 0.3) is 0 Å². The highest BCUT2D eigenvalue weighted by Gasteiger charge is 2.20. The Balaban J connectivity index is 0.00000162. The third-order valence-electron chi connectivity index (χ3n) is 2.50. The monoisotopic (exact) mass is 304 g/mol. The highest BCUT2D eigenvalue weighted by Crippen LogP contribution is 2.20. The Labute approximate surface area is 122 Å². The lowest BCUT2D eigenvalue weighted by Crippen LogP contribution is -2.33. The Morgan fingerprint density at radius 3 is 2.72 bits per heavy atom. The van der Waals surface area contributed by atoms with Gasteiger partial charge in [-0.25, -0.2) is 0 Å². The molecule has 2 rings (SSSR count). The standard InChI is InChI=1S/C12H16N2OS2.ClH/c13-12-14(6-7-16-12)8-10(15)9-17-11-4-2-1-3-5-11;/h1-5,10,13,15H,6-9H2;1H. The number of amidine groups is 1. The van der Waals surface area contributed by atoms with Gasteiger partial charge in [-0.1, -0.05) is 30.0 Å². The summed E-state index contributed by atoms with van der Waals surface area (Å²) < 4.78 is 0. The molecule has 1 saturated heterocycles. The molecule has 1 unspecified atom stereocenters. The molecular weight excluding hydrogens is 288 g/mol. The van der Waals surface area contributed by atoms with Gasteiger partial charge in [0, 0.05) is 29.5 Å². The minimum Gasteiger partial charge on any atom is -0.390 e. The van der Waals surface area contributed by atoms with E-state index >= 15 is 0 Å². The van der Waals surface area contributed by atoms with E-state index < -0.39 is 0 Å². The summed E-state index contributed by atoms with van der Waals surface area (Å²) in [4.78, 5) is 3.12. The zero-order valence-electron chi connectivity index (χ0n) is 9.91. The second-order valence-corrected chi connectivity index (χ2v) is 6.05. The fraction of sp³-hybridized carbons (Fsp3) is 0.417. The molecule has 6 heteroatoms. The van der Waals surface area contributed by atoms with Crippen molar-refractivity contribution >= 4 is 41.1 Å². The smallest absolute Gasteiger partial charge is 0.156 e. The summed E-state index contributed by atoms with van der Waals surface area (Å²) in [6.45, 7) is 1.46. The molecule has 0 saturated carbocycles. The van der Waals surface area contributed by atoms with Crippen LogP contribution in [0.4, 0.5) is 0 Å². The molecule has 1 fully saturated rings. The number of halogens is 1. The highest BCUT2D eigenvalue weighted by molar-refractivity contribution is 8.14. The predicted octanol–water partition coefficient (Wildman–Crippen LogP) is 2.54. The van der Waals surface area contributed by atoms with E-state index in [-0.39, 0.29) is 18.5 Å². The first-order chi connectivity index (χ1) is 8.25. The van der Waals surface area contributed by atoms with Gasteiger partial charge in [0.2, 0.25) is 0 Å². The third-order valence-corrected chi connectivity index (χ3v) is 4.58. The van der Waals surface area contributed by atoms with Gasteiger partial charge in [0.05, 0.1) is 6.10 Å². The zero-order chi connectivity index (χ0) is 12.1. The summed E-state index contributed by atoms with van der Waals surface area (Å²) in [6.07, 6.45) is -0.376. The number of β-amino-alcohol motifs (C(OH)–C–C–N with tert-alkyl or cyclic N) is 1. The quantitative estimate of drug-likeness (QED) is 0.821. The molecule has 18 heavy (non-hydrogen) atoms. The van der Waals surface area contributed by atoms with Crippen molar-refractivity contribution < 1.29 is 5.11 Å². The topological polar surface area (TPSA) is 47.3 Å². The van der Waals surface area contributed by atoms with Crippen molar-refractivity contribution in [3.8, 4) is 0 Å². The van der Waals surface area contributed by atoms with Crippen LogP contribution in [-0.2, 0) is 0 Å². The lowest BCUT2D eigenvalue weighted by atomic mass is 10.4. The van der Waals surface area contributed by atoms with Crippen molar-refractivity contribution in [2.24, 2.45) is 0 Å². The van der Waals surface area contributed by atoms with Crippen LogP contribution < -0.4 is 0 Å². The van der Waals surface area contributed by atoms with Crippen molar-refractivity contribution in [2.45, 2.75) is 11.0 Å². The average molecular weight is 305 g/mol. The number of aliphatic hydroxyl groups excluding tert-OH is 1. The first kappa shape index (κ1) is 15.7. The van der Waals surface area contributed by atoms with Crippen molar-refractivity contribution in [2.75, 3.05) is 24.6 Å². The number of thioether (sulfide) groups is 2. The van der Waals surface area contributed by atoms with Crippen LogP contribution >= 0.6 is 35.9 Å². The summed E-state index contributed by atoms with van der Waals surface area (Å²) in [5, 5.41) is 18.2. The van der Waals surface area contributed by atoms with Crippen LogP contribution in [0.15, 0.2) is 35.2 Å². The molecule has 0 spiro atoms. The molecule has 1 heterocycles. The number of benzene rings is 1. The minimum absolute atomic E-state index is 0. The first-order valence-corrected chi connectivity index (χ1v) is 7.55. The van der Waals surface area contributed by atoms with Gasteiger partial charge in [-0.15, -0.1) is 24.2 Å². The summed E-state index contributed by atoms with van der Waals surface area (Å²) in [6, 6.07) is 10.1. The molecule has 1 aliphatic heterocycles. The Morgan fingerprint density at radius 1 is 1.39 bits per heavy atom. The number of aliphatic hydroxyl groups is 1. The second-order valence-electron chi connectivity index (χ2n) is 3.88. The first-order valence-electron chi connectivity index (χ1n) is 5.58. The van der Waals surface area contributed by atoms with Crippen molar-refractivity contribution in [3.63, 3.8) is 0 Å². The van der Waals surface area contributed by atoms with E-state index in [1.807, 2.05) is 35.2 Å². The van der Waals surface area contributed by atoms with E-state index in [4.69, 9.17) is 5.41 Å². The molecule has 1 aliphatic rings. The Bertz CT molecular complexity index is 378. The number of nitrogens with one attached hydrogen (secondary N) is 1. The summed E-state index contributed by atoms with van der Waals surface area (Å²) >= 11 is 3.21. The SMILES string of the molecule is Cl.N=C1SCCN1CC(O)CSc1ccccc1. The van der Waals surface area contributed by atoms with E-state index in [2.05, 4.69) is 0 Å². The molecule has 0 aromatic heterocycles. The largest absolute Gasteiger partial charge is 0.390 e. The van der Waals surface area contributed by atoms with Crippen molar-refractivity contribution in [1.29, 1.82) is 5.41 Å². The molecule has 2 N–H and O–H groups in total. The van der Waals surface area contributed by atoms with Crippen molar-refractivity contribution in [1.82, 2.24) is 4.90 Å². The maximum Gasteiger partial charge on any atom is 0.156 e. The van der Waals surface area contributed by atoms with Gasteiger partial charge in [-0.2, -0.15) is 0 Å². The number of rotatable bonds is 5. The Kier molecular flexibility index (Phi) is 6.92. The zero-order valence-corrected chi connectivity index (χ0v) is 12.4. The molecule has 3 nitrogen and oxygen atoms in total. The van der Waals surface area contributed by atoms with E-state index in [1.165, 1.54) is 4.90 Å². The molecule has 100 valence electrons. The molecule has 0 radical (unpaired) electrons. The van der Waals surface area contributed by atoms with Crippen LogP contribution in [0.2, 0.25) is 0 Å². The molecule has 1 aromatic rings. The number of nitrogens with zero attached hydrogens (tertiary/aromatic N) is 1. The summed E-state index contributed by atoms with van der Waals surface area (Å²) in [5.74, 6) is 1.65. The third kappa shape index (κ3) is 4.72. The molecule has 0 bridgehead atoms.